The van der Waals surface area contributed by atoms with E-state index >= 15 is 0 Å². The lowest BCUT2D eigenvalue weighted by atomic mass is 9.84. The van der Waals surface area contributed by atoms with Crippen LogP contribution < -0.4 is 0 Å². The largest absolute Gasteiger partial charge is 0.323 e. The summed E-state index contributed by atoms with van der Waals surface area (Å²) < 4.78 is 2.26. The van der Waals surface area contributed by atoms with Gasteiger partial charge < -0.3 is 4.57 Å². The van der Waals surface area contributed by atoms with Crippen LogP contribution in [0.25, 0.3) is 11.0 Å². The number of aryl methyl sites for hydroxylation is 2. The maximum atomic E-state index is 6.39. The molecule has 2 atom stereocenters. The van der Waals surface area contributed by atoms with Gasteiger partial charge in [0.25, 0.3) is 0 Å². The Labute approximate surface area is 146 Å². The number of hydrogen-bond acceptors (Lipinski definition) is 3. The number of hydrogen-bond donors (Lipinski definition) is 0. The molecular formula is C18H22ClN3S. The molecule has 0 saturated heterocycles. The molecule has 0 aromatic carbocycles. The van der Waals surface area contributed by atoms with Crippen LogP contribution in [0.3, 0.4) is 0 Å². The van der Waals surface area contributed by atoms with Crippen molar-refractivity contribution in [2.24, 2.45) is 5.92 Å². The van der Waals surface area contributed by atoms with Gasteiger partial charge in [-0.05, 0) is 31.6 Å². The van der Waals surface area contributed by atoms with Gasteiger partial charge in [-0.1, -0.05) is 49.8 Å². The Morgan fingerprint density at radius 3 is 2.65 bits per heavy atom. The molecule has 0 N–H and O–H groups in total. The van der Waals surface area contributed by atoms with Gasteiger partial charge in [0.15, 0.2) is 0 Å². The Bertz CT molecular complexity index is 806. The lowest BCUT2D eigenvalue weighted by Gasteiger charge is -2.41. The standard InChI is InChI=1S/C18H22ClN3S/c1-11(2)18(23-5)9-7-6-8-14(18)22-10-12(3)15-16(19)20-13(4)21-17(15)22/h6-11,14H,1-5H3. The van der Waals surface area contributed by atoms with E-state index in [9.17, 15) is 0 Å². The van der Waals surface area contributed by atoms with Crippen molar-refractivity contribution < 1.29 is 0 Å². The molecule has 1 aliphatic rings. The molecule has 2 heterocycles. The smallest absolute Gasteiger partial charge is 0.146 e. The summed E-state index contributed by atoms with van der Waals surface area (Å²) in [5.74, 6) is 1.19. The van der Waals surface area contributed by atoms with Crippen LogP contribution in [0.4, 0.5) is 0 Å². The van der Waals surface area contributed by atoms with Crippen LogP contribution in [-0.2, 0) is 0 Å². The summed E-state index contributed by atoms with van der Waals surface area (Å²) in [4.78, 5) is 9.01. The van der Waals surface area contributed by atoms with E-state index in [1.165, 1.54) is 0 Å². The van der Waals surface area contributed by atoms with E-state index in [2.05, 4.69) is 67.1 Å². The molecule has 0 fully saturated rings. The van der Waals surface area contributed by atoms with Crippen molar-refractivity contribution >= 4 is 34.4 Å². The molecule has 5 heteroatoms. The van der Waals surface area contributed by atoms with Gasteiger partial charge in [0.05, 0.1) is 16.2 Å². The molecule has 1 aliphatic carbocycles. The molecule has 0 aliphatic heterocycles. The second-order valence-electron chi connectivity index (χ2n) is 6.38. The number of thioether (sulfide) groups is 1. The highest BCUT2D eigenvalue weighted by Crippen LogP contribution is 2.46. The van der Waals surface area contributed by atoms with Crippen molar-refractivity contribution in [3.63, 3.8) is 0 Å². The van der Waals surface area contributed by atoms with E-state index in [1.54, 1.807) is 0 Å². The fraction of sp³-hybridized carbons (Fsp3) is 0.444. The quantitative estimate of drug-likeness (QED) is 0.721. The molecule has 2 aromatic rings. The maximum Gasteiger partial charge on any atom is 0.146 e. The number of rotatable bonds is 3. The zero-order valence-corrected chi connectivity index (χ0v) is 15.7. The minimum atomic E-state index is -0.00152. The third-order valence-corrected chi connectivity index (χ3v) is 6.54. The van der Waals surface area contributed by atoms with Gasteiger partial charge in [-0.2, -0.15) is 11.8 Å². The summed E-state index contributed by atoms with van der Waals surface area (Å²) in [7, 11) is 0. The molecular weight excluding hydrogens is 326 g/mol. The van der Waals surface area contributed by atoms with Crippen molar-refractivity contribution in [2.75, 3.05) is 6.26 Å². The number of halogens is 1. The first-order valence-corrected chi connectivity index (χ1v) is 9.43. The zero-order chi connectivity index (χ0) is 16.8. The van der Waals surface area contributed by atoms with Gasteiger partial charge in [-0.3, -0.25) is 0 Å². The monoisotopic (exact) mass is 347 g/mol. The van der Waals surface area contributed by atoms with E-state index in [-0.39, 0.29) is 10.8 Å². The summed E-state index contributed by atoms with van der Waals surface area (Å²) in [6, 6.07) is 0.198. The highest BCUT2D eigenvalue weighted by molar-refractivity contribution is 8.00. The van der Waals surface area contributed by atoms with Gasteiger partial charge in [0.1, 0.15) is 16.6 Å². The molecule has 23 heavy (non-hydrogen) atoms. The van der Waals surface area contributed by atoms with Crippen molar-refractivity contribution in [3.8, 4) is 0 Å². The van der Waals surface area contributed by atoms with Crippen LogP contribution in [0.5, 0.6) is 0 Å². The average molecular weight is 348 g/mol. The third kappa shape index (κ3) is 2.52. The molecule has 3 rings (SSSR count). The van der Waals surface area contributed by atoms with Crippen LogP contribution in [-0.4, -0.2) is 25.5 Å². The van der Waals surface area contributed by atoms with Crippen LogP contribution in [0, 0.1) is 19.8 Å². The average Bonchev–Trinajstić information content (AvgIpc) is 2.83. The lowest BCUT2D eigenvalue weighted by molar-refractivity contribution is 0.402. The van der Waals surface area contributed by atoms with Crippen LogP contribution in [0.15, 0.2) is 30.5 Å². The number of allylic oxidation sites excluding steroid dienone is 3. The minimum Gasteiger partial charge on any atom is -0.323 e. The van der Waals surface area contributed by atoms with Crippen LogP contribution >= 0.6 is 23.4 Å². The van der Waals surface area contributed by atoms with Gasteiger partial charge in [-0.15, -0.1) is 0 Å². The zero-order valence-electron chi connectivity index (χ0n) is 14.2. The maximum absolute atomic E-state index is 6.39. The highest BCUT2D eigenvalue weighted by Gasteiger charge is 2.40. The Balaban J connectivity index is 2.27. The topological polar surface area (TPSA) is 30.7 Å². The first-order chi connectivity index (χ1) is 10.9. The normalized spacial score (nSPS) is 24.0. The fourth-order valence-electron chi connectivity index (χ4n) is 3.49. The lowest BCUT2D eigenvalue weighted by Crippen LogP contribution is -2.39. The van der Waals surface area contributed by atoms with E-state index in [1.807, 2.05) is 18.7 Å². The fourth-order valence-corrected chi connectivity index (χ4v) is 4.97. The second-order valence-corrected chi connectivity index (χ2v) is 7.85. The predicted octanol–water partition coefficient (Wildman–Crippen LogP) is 5.13. The van der Waals surface area contributed by atoms with Crippen LogP contribution in [0.2, 0.25) is 5.15 Å². The van der Waals surface area contributed by atoms with Gasteiger partial charge in [0, 0.05) is 6.20 Å². The van der Waals surface area contributed by atoms with Crippen molar-refractivity contribution in [3.05, 3.63) is 47.0 Å². The molecule has 0 saturated carbocycles. The Hall–Kier alpha value is -1.26. The number of nitrogens with zero attached hydrogens (tertiary/aromatic N) is 3. The second kappa shape index (κ2) is 5.99. The summed E-state index contributed by atoms with van der Waals surface area (Å²) in [6.07, 6.45) is 13.2. The predicted molar refractivity (Wildman–Crippen MR) is 100 cm³/mol. The Morgan fingerprint density at radius 2 is 2.00 bits per heavy atom. The van der Waals surface area contributed by atoms with Gasteiger partial charge in [-0.25, -0.2) is 9.97 Å². The molecule has 0 radical (unpaired) electrons. The molecule has 0 spiro atoms. The van der Waals surface area contributed by atoms with E-state index in [0.717, 1.165) is 16.6 Å². The summed E-state index contributed by atoms with van der Waals surface area (Å²) >= 11 is 8.28. The minimum absolute atomic E-state index is 0.00152. The molecule has 0 amide bonds. The number of aromatic nitrogens is 3. The summed E-state index contributed by atoms with van der Waals surface area (Å²) in [5.41, 5.74) is 2.04. The Kier molecular flexibility index (Phi) is 4.32. The highest BCUT2D eigenvalue weighted by atomic mass is 35.5. The Morgan fingerprint density at radius 1 is 1.26 bits per heavy atom. The SMILES string of the molecule is CSC1(C(C)C)C=CC=CC1n1cc(C)c2c(Cl)nc(C)nc21. The summed E-state index contributed by atoms with van der Waals surface area (Å²) in [5, 5.41) is 1.50. The van der Waals surface area contributed by atoms with E-state index in [0.29, 0.717) is 16.9 Å². The van der Waals surface area contributed by atoms with Crippen molar-refractivity contribution in [1.82, 2.24) is 14.5 Å². The molecule has 2 unspecified atom stereocenters. The van der Waals surface area contributed by atoms with Gasteiger partial charge >= 0.3 is 0 Å². The van der Waals surface area contributed by atoms with Gasteiger partial charge in [0.2, 0.25) is 0 Å². The molecule has 122 valence electrons. The van der Waals surface area contributed by atoms with E-state index < -0.39 is 0 Å². The molecule has 3 nitrogen and oxygen atoms in total. The van der Waals surface area contributed by atoms with Crippen molar-refractivity contribution in [2.45, 2.75) is 38.5 Å². The first kappa shape index (κ1) is 16.6. The molecule has 2 aromatic heterocycles. The third-order valence-electron chi connectivity index (χ3n) is 4.71. The van der Waals surface area contributed by atoms with Crippen molar-refractivity contribution in [1.29, 1.82) is 0 Å². The van der Waals surface area contributed by atoms with Crippen LogP contribution in [0.1, 0.15) is 31.3 Å². The molecule has 0 bridgehead atoms. The first-order valence-electron chi connectivity index (χ1n) is 7.83. The van der Waals surface area contributed by atoms with E-state index in [4.69, 9.17) is 16.6 Å². The number of fused-ring (bicyclic) bond motifs is 1. The summed E-state index contributed by atoms with van der Waals surface area (Å²) in [6.45, 7) is 8.51.